The quantitative estimate of drug-likeness (QED) is 0.872. The lowest BCUT2D eigenvalue weighted by Crippen LogP contribution is -2.47. The maximum absolute atomic E-state index is 13.8. The smallest absolute Gasteiger partial charge is 0.264 e. The van der Waals surface area contributed by atoms with E-state index < -0.39 is 11.6 Å². The van der Waals surface area contributed by atoms with Gasteiger partial charge in [0.2, 0.25) is 0 Å². The Morgan fingerprint density at radius 1 is 1.17 bits per heavy atom. The van der Waals surface area contributed by atoms with Crippen molar-refractivity contribution in [2.24, 2.45) is 0 Å². The summed E-state index contributed by atoms with van der Waals surface area (Å²) in [5, 5.41) is 3.37. The number of halogens is 2. The van der Waals surface area contributed by atoms with Gasteiger partial charge in [0.05, 0.1) is 6.04 Å². The van der Waals surface area contributed by atoms with Crippen LogP contribution in [0.15, 0.2) is 48.5 Å². The van der Waals surface area contributed by atoms with Gasteiger partial charge in [-0.05, 0) is 51.1 Å². The molecule has 0 saturated carbocycles. The van der Waals surface area contributed by atoms with Gasteiger partial charge >= 0.3 is 0 Å². The van der Waals surface area contributed by atoms with Crippen LogP contribution < -0.4 is 10.1 Å². The zero-order chi connectivity index (χ0) is 17.0. The molecule has 23 heavy (non-hydrogen) atoms. The van der Waals surface area contributed by atoms with Gasteiger partial charge in [-0.15, -0.1) is 0 Å². The first-order valence-corrected chi connectivity index (χ1v) is 7.67. The van der Waals surface area contributed by atoms with Crippen LogP contribution in [0, 0.1) is 5.82 Å². The summed E-state index contributed by atoms with van der Waals surface area (Å²) in [5.74, 6) is -0.145. The summed E-state index contributed by atoms with van der Waals surface area (Å²) in [5.41, 5.74) is -0.670. The highest BCUT2D eigenvalue weighted by atomic mass is 35.5. The second-order valence-electron chi connectivity index (χ2n) is 5.78. The van der Waals surface area contributed by atoms with E-state index in [4.69, 9.17) is 16.3 Å². The minimum absolute atomic E-state index is 0.330. The van der Waals surface area contributed by atoms with Gasteiger partial charge in [-0.1, -0.05) is 29.8 Å². The van der Waals surface area contributed by atoms with Crippen molar-refractivity contribution >= 4 is 17.5 Å². The molecule has 0 aliphatic carbocycles. The van der Waals surface area contributed by atoms with E-state index in [0.29, 0.717) is 16.3 Å². The number of ether oxygens (including phenoxy) is 1. The second-order valence-corrected chi connectivity index (χ2v) is 6.22. The van der Waals surface area contributed by atoms with Gasteiger partial charge in [0.25, 0.3) is 5.91 Å². The molecule has 122 valence electrons. The number of hydrogen-bond acceptors (Lipinski definition) is 2. The molecule has 0 aliphatic heterocycles. The highest BCUT2D eigenvalue weighted by Gasteiger charge is 2.31. The Morgan fingerprint density at radius 3 is 2.39 bits per heavy atom. The van der Waals surface area contributed by atoms with Crippen molar-refractivity contribution in [2.45, 2.75) is 32.4 Å². The molecule has 0 fully saturated rings. The first-order valence-electron chi connectivity index (χ1n) is 7.29. The van der Waals surface area contributed by atoms with Gasteiger partial charge in [0.15, 0.2) is 5.60 Å². The second kappa shape index (κ2) is 7.01. The molecule has 5 heteroatoms. The van der Waals surface area contributed by atoms with Crippen LogP contribution in [0.3, 0.4) is 0 Å². The van der Waals surface area contributed by atoms with E-state index in [1.165, 1.54) is 6.07 Å². The van der Waals surface area contributed by atoms with E-state index in [-0.39, 0.29) is 11.7 Å². The zero-order valence-electron chi connectivity index (χ0n) is 13.3. The average Bonchev–Trinajstić information content (AvgIpc) is 2.49. The summed E-state index contributed by atoms with van der Waals surface area (Å²) in [6.45, 7) is 5.05. The predicted molar refractivity (Wildman–Crippen MR) is 89.1 cm³/mol. The van der Waals surface area contributed by atoms with Crippen LogP contribution in [0.4, 0.5) is 4.39 Å². The summed E-state index contributed by atoms with van der Waals surface area (Å²) in [7, 11) is 0. The molecule has 0 heterocycles. The fraction of sp³-hybridized carbons (Fsp3) is 0.278. The van der Waals surface area contributed by atoms with Crippen molar-refractivity contribution in [2.75, 3.05) is 0 Å². The predicted octanol–water partition coefficient (Wildman–Crippen LogP) is 4.51. The molecule has 0 aromatic heterocycles. The molecule has 1 unspecified atom stereocenters. The van der Waals surface area contributed by atoms with E-state index in [1.54, 1.807) is 63.2 Å². The minimum atomic E-state index is -1.10. The molecule has 1 atom stereocenters. The Bertz CT molecular complexity index is 686. The number of nitrogens with one attached hydrogen (secondary N) is 1. The van der Waals surface area contributed by atoms with Crippen LogP contribution in [-0.2, 0) is 4.79 Å². The standard InChI is InChI=1S/C18H19ClFNO2/c1-12(15-6-4-5-7-16(15)20)21-17(22)18(2,3)23-14-10-8-13(19)9-11-14/h4-12H,1-3H3,(H,21,22). The normalized spacial score (nSPS) is 12.6. The molecule has 3 nitrogen and oxygen atoms in total. The van der Waals surface area contributed by atoms with Gasteiger partial charge in [0, 0.05) is 10.6 Å². The van der Waals surface area contributed by atoms with Gasteiger partial charge in [-0.3, -0.25) is 4.79 Å². The lowest BCUT2D eigenvalue weighted by atomic mass is 10.0. The molecule has 1 N–H and O–H groups in total. The van der Waals surface area contributed by atoms with E-state index in [0.717, 1.165) is 0 Å². The molecule has 0 bridgehead atoms. The van der Waals surface area contributed by atoms with Crippen molar-refractivity contribution in [3.05, 3.63) is 64.9 Å². The van der Waals surface area contributed by atoms with Crippen molar-refractivity contribution in [1.82, 2.24) is 5.32 Å². The third kappa shape index (κ3) is 4.45. The summed E-state index contributed by atoms with van der Waals surface area (Å²) < 4.78 is 19.5. The first kappa shape index (κ1) is 17.3. The number of carbonyl (C=O) groups is 1. The number of amides is 1. The maximum Gasteiger partial charge on any atom is 0.264 e. The topological polar surface area (TPSA) is 38.3 Å². The SMILES string of the molecule is CC(NC(=O)C(C)(C)Oc1ccc(Cl)cc1)c1ccccc1F. The molecule has 0 aliphatic rings. The molecule has 0 saturated heterocycles. The largest absolute Gasteiger partial charge is 0.478 e. The average molecular weight is 336 g/mol. The van der Waals surface area contributed by atoms with Crippen LogP contribution in [-0.4, -0.2) is 11.5 Å². The van der Waals surface area contributed by atoms with E-state index in [9.17, 15) is 9.18 Å². The maximum atomic E-state index is 13.8. The Kier molecular flexibility index (Phi) is 5.26. The third-order valence-electron chi connectivity index (χ3n) is 3.45. The fourth-order valence-corrected chi connectivity index (χ4v) is 2.24. The molecule has 0 radical (unpaired) electrons. The minimum Gasteiger partial charge on any atom is -0.478 e. The van der Waals surface area contributed by atoms with E-state index >= 15 is 0 Å². The van der Waals surface area contributed by atoms with Crippen molar-refractivity contribution in [3.8, 4) is 5.75 Å². The van der Waals surface area contributed by atoms with E-state index in [1.807, 2.05) is 0 Å². The Morgan fingerprint density at radius 2 is 1.78 bits per heavy atom. The summed E-state index contributed by atoms with van der Waals surface area (Å²) in [4.78, 5) is 12.4. The van der Waals surface area contributed by atoms with Crippen LogP contribution in [0.2, 0.25) is 5.02 Å². The number of rotatable bonds is 5. The van der Waals surface area contributed by atoms with Gasteiger partial charge in [-0.2, -0.15) is 0 Å². The number of benzene rings is 2. The fourth-order valence-electron chi connectivity index (χ4n) is 2.12. The molecule has 2 rings (SSSR count). The number of hydrogen-bond donors (Lipinski definition) is 1. The Labute approximate surface area is 140 Å². The van der Waals surface area contributed by atoms with Gasteiger partial charge in [-0.25, -0.2) is 4.39 Å². The van der Waals surface area contributed by atoms with Gasteiger partial charge in [0.1, 0.15) is 11.6 Å². The van der Waals surface area contributed by atoms with Crippen LogP contribution >= 0.6 is 11.6 Å². The first-order chi connectivity index (χ1) is 10.8. The molecular formula is C18H19ClFNO2. The van der Waals surface area contributed by atoms with Crippen molar-refractivity contribution < 1.29 is 13.9 Å². The molecule has 2 aromatic rings. The Balaban J connectivity index is 2.06. The van der Waals surface area contributed by atoms with Crippen molar-refractivity contribution in [1.29, 1.82) is 0 Å². The molecule has 0 spiro atoms. The lowest BCUT2D eigenvalue weighted by molar-refractivity contribution is -0.134. The third-order valence-corrected chi connectivity index (χ3v) is 3.70. The Hall–Kier alpha value is -2.07. The summed E-state index contributed by atoms with van der Waals surface area (Å²) >= 11 is 5.83. The number of carbonyl (C=O) groups excluding carboxylic acids is 1. The van der Waals surface area contributed by atoms with Crippen LogP contribution in [0.1, 0.15) is 32.4 Å². The molecule has 2 aromatic carbocycles. The highest BCUT2D eigenvalue weighted by Crippen LogP contribution is 2.22. The van der Waals surface area contributed by atoms with Gasteiger partial charge < -0.3 is 10.1 Å². The highest BCUT2D eigenvalue weighted by molar-refractivity contribution is 6.30. The zero-order valence-corrected chi connectivity index (χ0v) is 14.0. The summed E-state index contributed by atoms with van der Waals surface area (Å²) in [6.07, 6.45) is 0. The molecule has 1 amide bonds. The molecular weight excluding hydrogens is 317 g/mol. The van der Waals surface area contributed by atoms with E-state index in [2.05, 4.69) is 5.32 Å². The van der Waals surface area contributed by atoms with Crippen molar-refractivity contribution in [3.63, 3.8) is 0 Å². The van der Waals surface area contributed by atoms with Crippen LogP contribution in [0.5, 0.6) is 5.75 Å². The monoisotopic (exact) mass is 335 g/mol. The summed E-state index contributed by atoms with van der Waals surface area (Å²) in [6, 6.07) is 12.7. The lowest BCUT2D eigenvalue weighted by Gasteiger charge is -2.27. The van der Waals surface area contributed by atoms with Crippen LogP contribution in [0.25, 0.3) is 0 Å².